The van der Waals surface area contributed by atoms with Crippen LogP contribution in [0.4, 0.5) is 5.69 Å². The molecule has 0 radical (unpaired) electrons. The van der Waals surface area contributed by atoms with Crippen molar-refractivity contribution in [1.29, 1.82) is 0 Å². The Labute approximate surface area is 104 Å². The maximum Gasteiger partial charge on any atom is 0.271 e. The first kappa shape index (κ1) is 11.8. The molecule has 0 unspecified atom stereocenters. The second-order valence-corrected chi connectivity index (χ2v) is 3.60. The molecule has 3 N–H and O–H groups in total. The van der Waals surface area contributed by atoms with Crippen LogP contribution in [0.5, 0.6) is 0 Å². The van der Waals surface area contributed by atoms with Crippen LogP contribution in [-0.2, 0) is 0 Å². The molecule has 1 aromatic carbocycles. The van der Waals surface area contributed by atoms with Crippen LogP contribution in [0.2, 0.25) is 0 Å². The third kappa shape index (κ3) is 3.15. The fraction of sp³-hybridized carbons (Fsp3) is 0. The van der Waals surface area contributed by atoms with Crippen molar-refractivity contribution in [2.75, 3.05) is 5.73 Å². The number of carbonyl (C=O) groups excluding carboxylic acids is 1. The van der Waals surface area contributed by atoms with Crippen molar-refractivity contribution >= 4 is 17.8 Å². The SMILES string of the molecule is Nc1ccc(C=NNC(=O)c2ccncc2)cc1. The molecule has 2 rings (SSSR count). The van der Waals surface area contributed by atoms with E-state index in [9.17, 15) is 4.79 Å². The lowest BCUT2D eigenvalue weighted by molar-refractivity contribution is 0.0955. The van der Waals surface area contributed by atoms with Gasteiger partial charge in [0.1, 0.15) is 0 Å². The van der Waals surface area contributed by atoms with Gasteiger partial charge in [-0.25, -0.2) is 5.43 Å². The Balaban J connectivity index is 1.96. The zero-order valence-corrected chi connectivity index (χ0v) is 9.58. The first-order chi connectivity index (χ1) is 8.75. The number of nitrogen functional groups attached to an aromatic ring is 1. The van der Waals surface area contributed by atoms with E-state index >= 15 is 0 Å². The summed E-state index contributed by atoms with van der Waals surface area (Å²) in [5.41, 5.74) is 10.1. The highest BCUT2D eigenvalue weighted by atomic mass is 16.2. The number of amides is 1. The topological polar surface area (TPSA) is 80.4 Å². The zero-order valence-electron chi connectivity index (χ0n) is 9.58. The van der Waals surface area contributed by atoms with Crippen molar-refractivity contribution in [3.8, 4) is 0 Å². The molecule has 18 heavy (non-hydrogen) atoms. The van der Waals surface area contributed by atoms with E-state index in [1.54, 1.807) is 42.9 Å². The minimum absolute atomic E-state index is 0.274. The molecular formula is C13H12N4O. The molecule has 2 aromatic rings. The molecule has 90 valence electrons. The molecule has 1 aromatic heterocycles. The van der Waals surface area contributed by atoms with E-state index in [-0.39, 0.29) is 5.91 Å². The number of hydrogen-bond donors (Lipinski definition) is 2. The van der Waals surface area contributed by atoms with Crippen molar-refractivity contribution in [3.05, 3.63) is 59.9 Å². The summed E-state index contributed by atoms with van der Waals surface area (Å²) in [6, 6.07) is 10.4. The number of benzene rings is 1. The van der Waals surface area contributed by atoms with Crippen LogP contribution in [0.25, 0.3) is 0 Å². The Kier molecular flexibility index (Phi) is 3.66. The van der Waals surface area contributed by atoms with Gasteiger partial charge in [0.05, 0.1) is 6.21 Å². The standard InChI is InChI=1S/C13H12N4O/c14-12-3-1-10(2-4-12)9-16-17-13(18)11-5-7-15-8-6-11/h1-9H,14H2,(H,17,18). The first-order valence-corrected chi connectivity index (χ1v) is 5.35. The number of hydrogen-bond acceptors (Lipinski definition) is 4. The Bertz CT molecular complexity index is 549. The molecule has 0 aliphatic rings. The molecule has 1 amide bonds. The normalized spacial score (nSPS) is 10.4. The zero-order chi connectivity index (χ0) is 12.8. The van der Waals surface area contributed by atoms with Crippen LogP contribution in [0.15, 0.2) is 53.9 Å². The predicted molar refractivity (Wildman–Crippen MR) is 70.2 cm³/mol. The van der Waals surface area contributed by atoms with Crippen molar-refractivity contribution in [3.63, 3.8) is 0 Å². The Morgan fingerprint density at radius 3 is 2.50 bits per heavy atom. The number of pyridine rings is 1. The summed E-state index contributed by atoms with van der Waals surface area (Å²) in [4.78, 5) is 15.4. The minimum Gasteiger partial charge on any atom is -0.399 e. The van der Waals surface area contributed by atoms with Gasteiger partial charge in [0, 0.05) is 23.6 Å². The molecule has 0 aliphatic heterocycles. The van der Waals surface area contributed by atoms with Crippen molar-refractivity contribution < 1.29 is 4.79 Å². The van der Waals surface area contributed by atoms with Gasteiger partial charge in [-0.1, -0.05) is 12.1 Å². The predicted octanol–water partition coefficient (Wildman–Crippen LogP) is 1.43. The van der Waals surface area contributed by atoms with Gasteiger partial charge in [-0.15, -0.1) is 0 Å². The fourth-order valence-electron chi connectivity index (χ4n) is 1.32. The van der Waals surface area contributed by atoms with Crippen LogP contribution < -0.4 is 11.2 Å². The lowest BCUT2D eigenvalue weighted by Gasteiger charge is -1.98. The Hall–Kier alpha value is -2.69. The average molecular weight is 240 g/mol. The fourth-order valence-corrected chi connectivity index (χ4v) is 1.32. The highest BCUT2D eigenvalue weighted by Crippen LogP contribution is 2.02. The number of aromatic nitrogens is 1. The molecule has 0 aliphatic carbocycles. The molecule has 1 heterocycles. The lowest BCUT2D eigenvalue weighted by atomic mass is 10.2. The van der Waals surface area contributed by atoms with Crippen molar-refractivity contribution in [2.45, 2.75) is 0 Å². The van der Waals surface area contributed by atoms with Crippen LogP contribution in [-0.4, -0.2) is 17.1 Å². The van der Waals surface area contributed by atoms with Crippen molar-refractivity contribution in [1.82, 2.24) is 10.4 Å². The smallest absolute Gasteiger partial charge is 0.271 e. The summed E-state index contributed by atoms with van der Waals surface area (Å²) in [6.45, 7) is 0. The second kappa shape index (κ2) is 5.58. The van der Waals surface area contributed by atoms with Crippen LogP contribution in [0.1, 0.15) is 15.9 Å². The van der Waals surface area contributed by atoms with Gasteiger partial charge >= 0.3 is 0 Å². The molecule has 0 bridgehead atoms. The highest BCUT2D eigenvalue weighted by molar-refractivity contribution is 5.94. The Morgan fingerprint density at radius 2 is 1.83 bits per heavy atom. The minimum atomic E-state index is -0.274. The van der Waals surface area contributed by atoms with Gasteiger partial charge in [-0.3, -0.25) is 9.78 Å². The number of nitrogens with zero attached hydrogens (tertiary/aromatic N) is 2. The third-order valence-electron chi connectivity index (χ3n) is 2.26. The van der Waals surface area contributed by atoms with E-state index in [0.717, 1.165) is 5.56 Å². The van der Waals surface area contributed by atoms with E-state index < -0.39 is 0 Å². The van der Waals surface area contributed by atoms with E-state index in [0.29, 0.717) is 11.3 Å². The summed E-state index contributed by atoms with van der Waals surface area (Å²) in [7, 11) is 0. The average Bonchev–Trinajstić information content (AvgIpc) is 2.42. The molecular weight excluding hydrogens is 228 g/mol. The molecule has 5 nitrogen and oxygen atoms in total. The summed E-state index contributed by atoms with van der Waals surface area (Å²) in [5, 5.41) is 3.86. The molecule has 0 fully saturated rings. The maximum atomic E-state index is 11.6. The summed E-state index contributed by atoms with van der Waals surface area (Å²) in [6.07, 6.45) is 4.66. The monoisotopic (exact) mass is 240 g/mol. The van der Waals surface area contributed by atoms with Gasteiger partial charge in [0.15, 0.2) is 0 Å². The van der Waals surface area contributed by atoms with E-state index in [4.69, 9.17) is 5.73 Å². The number of rotatable bonds is 3. The molecule has 0 saturated carbocycles. The number of nitrogens with one attached hydrogen (secondary N) is 1. The number of anilines is 1. The van der Waals surface area contributed by atoms with Gasteiger partial charge in [-0.05, 0) is 29.8 Å². The van der Waals surface area contributed by atoms with E-state index in [1.807, 2.05) is 12.1 Å². The van der Waals surface area contributed by atoms with E-state index in [1.165, 1.54) is 0 Å². The molecule has 0 spiro atoms. The summed E-state index contributed by atoms with van der Waals surface area (Å²) < 4.78 is 0. The number of carbonyl (C=O) groups is 1. The van der Waals surface area contributed by atoms with Gasteiger partial charge < -0.3 is 5.73 Å². The first-order valence-electron chi connectivity index (χ1n) is 5.35. The molecule has 0 saturated heterocycles. The van der Waals surface area contributed by atoms with Crippen LogP contribution >= 0.6 is 0 Å². The second-order valence-electron chi connectivity index (χ2n) is 3.60. The molecule has 0 atom stereocenters. The van der Waals surface area contributed by atoms with Crippen LogP contribution in [0.3, 0.4) is 0 Å². The summed E-state index contributed by atoms with van der Waals surface area (Å²) >= 11 is 0. The summed E-state index contributed by atoms with van der Waals surface area (Å²) in [5.74, 6) is -0.274. The Morgan fingerprint density at radius 1 is 1.17 bits per heavy atom. The quantitative estimate of drug-likeness (QED) is 0.484. The van der Waals surface area contributed by atoms with Crippen molar-refractivity contribution in [2.24, 2.45) is 5.10 Å². The van der Waals surface area contributed by atoms with E-state index in [2.05, 4.69) is 15.5 Å². The maximum absolute atomic E-state index is 11.6. The van der Waals surface area contributed by atoms with Crippen LogP contribution in [0, 0.1) is 0 Å². The largest absolute Gasteiger partial charge is 0.399 e. The number of hydrazone groups is 1. The van der Waals surface area contributed by atoms with Gasteiger partial charge in [0.2, 0.25) is 0 Å². The highest BCUT2D eigenvalue weighted by Gasteiger charge is 2.01. The molecule has 5 heteroatoms. The number of nitrogens with two attached hydrogens (primary N) is 1. The third-order valence-corrected chi connectivity index (χ3v) is 2.26. The lowest BCUT2D eigenvalue weighted by Crippen LogP contribution is -2.17. The van der Waals surface area contributed by atoms with Gasteiger partial charge in [0.25, 0.3) is 5.91 Å². The van der Waals surface area contributed by atoms with Gasteiger partial charge in [-0.2, -0.15) is 5.10 Å².